The molecule has 0 atom stereocenters. The average molecular weight is 521 g/mol. The summed E-state index contributed by atoms with van der Waals surface area (Å²) in [6.45, 7) is 16.7. The zero-order valence-electron chi connectivity index (χ0n) is 23.5. The van der Waals surface area contributed by atoms with Gasteiger partial charge in [-0.05, 0) is 31.1 Å². The van der Waals surface area contributed by atoms with E-state index < -0.39 is 6.57 Å². The van der Waals surface area contributed by atoms with Crippen molar-refractivity contribution in [3.05, 3.63) is 0 Å². The molecule has 0 bridgehead atoms. The number of hydrogen-bond acceptors (Lipinski definition) is 4. The highest BCUT2D eigenvalue weighted by molar-refractivity contribution is 8.09. The highest BCUT2D eigenvalue weighted by Crippen LogP contribution is 2.55. The van der Waals surface area contributed by atoms with Crippen molar-refractivity contribution in [3.8, 4) is 0 Å². The van der Waals surface area contributed by atoms with Crippen molar-refractivity contribution in [1.29, 1.82) is 0 Å². The first kappa shape index (κ1) is 32.5. The molecule has 0 saturated carbocycles. The van der Waals surface area contributed by atoms with Gasteiger partial charge in [0.2, 0.25) is 6.57 Å². The van der Waals surface area contributed by atoms with E-state index in [0.717, 1.165) is 58.7 Å². The van der Waals surface area contributed by atoms with Crippen LogP contribution in [-0.4, -0.2) is 61.6 Å². The predicted octanol–water partition coefficient (Wildman–Crippen LogP) is 7.99. The molecule has 0 unspecified atom stereocenters. The number of rotatable bonds is 21. The normalized spacial score (nSPS) is 21.6. The standard InChI is InChI=1S/C27H57N2O3PS/c1-7-13-14-15-16-17-18-19-20-21-26-30-23-27(22-8-2,24-31-26)25-32-33(34,28(9-3)10-4)29(11-5)12-6/h26H,7-25H2,1-6H3. The lowest BCUT2D eigenvalue weighted by atomic mass is 9.85. The summed E-state index contributed by atoms with van der Waals surface area (Å²) in [6, 6.07) is 0. The molecule has 0 spiro atoms. The minimum Gasteiger partial charge on any atom is -0.352 e. The van der Waals surface area contributed by atoms with Gasteiger partial charge in [-0.1, -0.05) is 99.3 Å². The van der Waals surface area contributed by atoms with Crippen LogP contribution in [-0.2, 0) is 25.8 Å². The molecule has 0 aromatic heterocycles. The second kappa shape index (κ2) is 18.7. The molecule has 0 N–H and O–H groups in total. The highest BCUT2D eigenvalue weighted by atomic mass is 32.5. The molecule has 1 aliphatic rings. The van der Waals surface area contributed by atoms with Crippen LogP contribution in [0.15, 0.2) is 0 Å². The van der Waals surface area contributed by atoms with Crippen LogP contribution in [0.1, 0.15) is 119 Å². The van der Waals surface area contributed by atoms with Crippen molar-refractivity contribution in [3.63, 3.8) is 0 Å². The number of hydrogen-bond donors (Lipinski definition) is 0. The van der Waals surface area contributed by atoms with Gasteiger partial charge < -0.3 is 14.0 Å². The molecular formula is C27H57N2O3PS. The minimum atomic E-state index is -2.24. The van der Waals surface area contributed by atoms with E-state index in [-0.39, 0.29) is 11.7 Å². The van der Waals surface area contributed by atoms with Gasteiger partial charge in [-0.25, -0.2) is 9.34 Å². The molecule has 1 aliphatic heterocycles. The van der Waals surface area contributed by atoms with Crippen LogP contribution in [0, 0.1) is 5.41 Å². The van der Waals surface area contributed by atoms with Crippen molar-refractivity contribution >= 4 is 18.4 Å². The lowest BCUT2D eigenvalue weighted by molar-refractivity contribution is -0.239. The number of unbranched alkanes of at least 4 members (excludes halogenated alkanes) is 8. The molecule has 7 heteroatoms. The van der Waals surface area contributed by atoms with Gasteiger partial charge in [-0.2, -0.15) is 0 Å². The Kier molecular flexibility index (Phi) is 17.8. The molecular weight excluding hydrogens is 463 g/mol. The molecule has 1 fully saturated rings. The molecule has 5 nitrogen and oxygen atoms in total. The van der Waals surface area contributed by atoms with Crippen LogP contribution in [0.5, 0.6) is 0 Å². The van der Waals surface area contributed by atoms with Gasteiger partial charge in [-0.3, -0.25) is 0 Å². The van der Waals surface area contributed by atoms with Crippen LogP contribution in [0.3, 0.4) is 0 Å². The first-order valence-corrected chi connectivity index (χ1v) is 17.1. The molecule has 34 heavy (non-hydrogen) atoms. The van der Waals surface area contributed by atoms with Gasteiger partial charge in [0, 0.05) is 31.6 Å². The maximum Gasteiger partial charge on any atom is 0.203 e. The first-order chi connectivity index (χ1) is 16.4. The van der Waals surface area contributed by atoms with Crippen molar-refractivity contribution in [1.82, 2.24) is 9.34 Å². The van der Waals surface area contributed by atoms with Crippen LogP contribution >= 0.6 is 6.57 Å². The Balaban J connectivity index is 2.52. The lowest BCUT2D eigenvalue weighted by Crippen LogP contribution is -2.45. The van der Waals surface area contributed by atoms with E-state index in [0.29, 0.717) is 6.61 Å². The maximum atomic E-state index is 6.73. The van der Waals surface area contributed by atoms with Gasteiger partial charge in [0.25, 0.3) is 0 Å². The lowest BCUT2D eigenvalue weighted by Gasteiger charge is -2.45. The first-order valence-electron chi connectivity index (χ1n) is 14.4. The predicted molar refractivity (Wildman–Crippen MR) is 151 cm³/mol. The zero-order chi connectivity index (χ0) is 25.3. The van der Waals surface area contributed by atoms with Crippen LogP contribution in [0.2, 0.25) is 0 Å². The quantitative estimate of drug-likeness (QED) is 0.113. The van der Waals surface area contributed by atoms with Crippen molar-refractivity contribution in [2.75, 3.05) is 46.0 Å². The molecule has 0 radical (unpaired) electrons. The van der Waals surface area contributed by atoms with Crippen molar-refractivity contribution in [2.45, 2.75) is 125 Å². The van der Waals surface area contributed by atoms with E-state index >= 15 is 0 Å². The van der Waals surface area contributed by atoms with E-state index in [2.05, 4.69) is 50.9 Å². The summed E-state index contributed by atoms with van der Waals surface area (Å²) in [5.74, 6) is 0. The fourth-order valence-corrected chi connectivity index (χ4v) is 9.07. The van der Waals surface area contributed by atoms with Crippen LogP contribution < -0.4 is 0 Å². The fourth-order valence-electron chi connectivity index (χ4n) is 4.97. The third-order valence-corrected chi connectivity index (χ3v) is 11.9. The molecule has 0 amide bonds. The molecule has 0 aliphatic carbocycles. The van der Waals surface area contributed by atoms with Crippen molar-refractivity contribution < 1.29 is 14.0 Å². The van der Waals surface area contributed by atoms with Gasteiger partial charge in [0.1, 0.15) is 0 Å². The molecule has 204 valence electrons. The fraction of sp³-hybridized carbons (Fsp3) is 1.00. The molecule has 0 aromatic rings. The van der Waals surface area contributed by atoms with Gasteiger partial charge in [-0.15, -0.1) is 0 Å². The SMILES string of the molecule is CCCCCCCCCCCC1OCC(CCC)(COP(=S)(N(CC)CC)N(CC)CC)CO1. The largest absolute Gasteiger partial charge is 0.352 e. The average Bonchev–Trinajstić information content (AvgIpc) is 2.84. The molecule has 1 heterocycles. The molecule has 1 rings (SSSR count). The Morgan fingerprint density at radius 2 is 1.21 bits per heavy atom. The van der Waals surface area contributed by atoms with E-state index in [4.69, 9.17) is 25.8 Å². The Labute approximate surface area is 217 Å². The number of nitrogens with zero attached hydrogens (tertiary/aromatic N) is 2. The maximum absolute atomic E-state index is 6.73. The van der Waals surface area contributed by atoms with E-state index in [9.17, 15) is 0 Å². The van der Waals surface area contributed by atoms with Gasteiger partial charge in [0.05, 0.1) is 19.8 Å². The topological polar surface area (TPSA) is 34.2 Å². The van der Waals surface area contributed by atoms with Crippen molar-refractivity contribution in [2.24, 2.45) is 5.41 Å². The summed E-state index contributed by atoms with van der Waals surface area (Å²) in [5.41, 5.74) is -0.0892. The summed E-state index contributed by atoms with van der Waals surface area (Å²) in [7, 11) is 0. The third-order valence-electron chi connectivity index (χ3n) is 7.19. The van der Waals surface area contributed by atoms with E-state index in [1.54, 1.807) is 0 Å². The number of ether oxygens (including phenoxy) is 2. The summed E-state index contributed by atoms with van der Waals surface area (Å²) < 4.78 is 24.0. The Morgan fingerprint density at radius 3 is 1.65 bits per heavy atom. The van der Waals surface area contributed by atoms with E-state index in [1.807, 2.05) is 0 Å². The second-order valence-corrected chi connectivity index (χ2v) is 13.8. The Bertz CT molecular complexity index is 520. The minimum absolute atomic E-state index is 0.0526. The summed E-state index contributed by atoms with van der Waals surface area (Å²) >= 11 is 6.25. The van der Waals surface area contributed by atoms with E-state index in [1.165, 1.54) is 57.8 Å². The molecule has 1 saturated heterocycles. The Hall–Kier alpha value is 0.450. The second-order valence-electron chi connectivity index (χ2n) is 9.96. The summed E-state index contributed by atoms with van der Waals surface area (Å²) in [4.78, 5) is 0. The smallest absolute Gasteiger partial charge is 0.203 e. The van der Waals surface area contributed by atoms with Gasteiger partial charge >= 0.3 is 0 Å². The zero-order valence-corrected chi connectivity index (χ0v) is 25.2. The highest BCUT2D eigenvalue weighted by Gasteiger charge is 2.40. The molecule has 0 aromatic carbocycles. The summed E-state index contributed by atoms with van der Waals surface area (Å²) in [5, 5.41) is 0. The summed E-state index contributed by atoms with van der Waals surface area (Å²) in [6.07, 6.45) is 15.2. The third kappa shape index (κ3) is 10.8. The Morgan fingerprint density at radius 1 is 0.735 bits per heavy atom. The van der Waals surface area contributed by atoms with Crippen LogP contribution in [0.25, 0.3) is 0 Å². The monoisotopic (exact) mass is 520 g/mol. The van der Waals surface area contributed by atoms with Crippen LogP contribution in [0.4, 0.5) is 0 Å². The van der Waals surface area contributed by atoms with Gasteiger partial charge in [0.15, 0.2) is 6.29 Å².